The molecule has 1 aliphatic carbocycles. The van der Waals surface area contributed by atoms with Crippen LogP contribution in [-0.4, -0.2) is 70.9 Å². The molecule has 2 aromatic heterocycles. The Bertz CT molecular complexity index is 1670. The van der Waals surface area contributed by atoms with Crippen LogP contribution in [0.1, 0.15) is 52.0 Å². The number of rotatable bonds is 9. The maximum absolute atomic E-state index is 15.2. The molecule has 1 aliphatic rings. The number of anilines is 2. The molecular formula is C26H31F6N7O3S. The van der Waals surface area contributed by atoms with Crippen LogP contribution < -0.4 is 15.6 Å². The highest BCUT2D eigenvalue weighted by Crippen LogP contribution is 2.32. The topological polar surface area (TPSA) is 122 Å². The van der Waals surface area contributed by atoms with Gasteiger partial charge in [0.1, 0.15) is 17.0 Å². The van der Waals surface area contributed by atoms with Gasteiger partial charge in [-0.25, -0.2) is 31.6 Å². The Morgan fingerprint density at radius 1 is 1.07 bits per heavy atom. The predicted octanol–water partition coefficient (Wildman–Crippen LogP) is 4.83. The van der Waals surface area contributed by atoms with E-state index in [0.29, 0.717) is 6.04 Å². The quantitative estimate of drug-likeness (QED) is 0.253. The van der Waals surface area contributed by atoms with Crippen molar-refractivity contribution in [1.82, 2.24) is 24.4 Å². The van der Waals surface area contributed by atoms with E-state index in [1.54, 1.807) is 13.8 Å². The molecule has 0 saturated heterocycles. The summed E-state index contributed by atoms with van der Waals surface area (Å²) in [6.07, 6.45) is -1.65. The van der Waals surface area contributed by atoms with Crippen molar-refractivity contribution in [3.05, 3.63) is 40.1 Å². The van der Waals surface area contributed by atoms with E-state index >= 15 is 8.78 Å². The number of halogens is 6. The standard InChI is InChI=1S/C26H31F6N7O3S/c1-13(2)39-23-18(12-33-25(36-23)34-14-5-7-15(8-6-14)38(3)4)35-22(24(39)40)19-16(27)11-17(20(28)21(19)29)37-43(41,42)10-9-26(30,31)32/h11-15,37H,5-10H2,1-4H3,(H,33,34,36)/t14-,15-. The number of benzene rings is 1. The summed E-state index contributed by atoms with van der Waals surface area (Å²) in [6.45, 7) is 3.24. The molecule has 43 heavy (non-hydrogen) atoms. The van der Waals surface area contributed by atoms with Crippen LogP contribution in [0.25, 0.3) is 22.4 Å². The molecule has 10 nitrogen and oxygen atoms in total. The van der Waals surface area contributed by atoms with Crippen molar-refractivity contribution in [2.24, 2.45) is 0 Å². The molecule has 0 spiro atoms. The Hall–Kier alpha value is -3.47. The Morgan fingerprint density at radius 2 is 1.72 bits per heavy atom. The molecule has 1 aromatic carbocycles. The van der Waals surface area contributed by atoms with Crippen LogP contribution >= 0.6 is 0 Å². The number of aromatic nitrogens is 4. The summed E-state index contributed by atoms with van der Waals surface area (Å²) in [5.74, 6) is -6.72. The summed E-state index contributed by atoms with van der Waals surface area (Å²) in [5.41, 5.74) is -4.23. The number of fused-ring (bicyclic) bond motifs is 1. The number of hydrogen-bond acceptors (Lipinski definition) is 8. The third-order valence-corrected chi connectivity index (χ3v) is 8.50. The van der Waals surface area contributed by atoms with Gasteiger partial charge in [-0.15, -0.1) is 0 Å². The molecule has 2 heterocycles. The molecule has 4 rings (SSSR count). The molecule has 1 saturated carbocycles. The van der Waals surface area contributed by atoms with E-state index < -0.39 is 74.4 Å². The van der Waals surface area contributed by atoms with Gasteiger partial charge >= 0.3 is 6.18 Å². The van der Waals surface area contributed by atoms with Gasteiger partial charge in [0, 0.05) is 24.2 Å². The summed E-state index contributed by atoms with van der Waals surface area (Å²) < 4.78 is 109. The average molecular weight is 636 g/mol. The highest BCUT2D eigenvalue weighted by Gasteiger charge is 2.32. The second kappa shape index (κ2) is 12.3. The Kier molecular flexibility index (Phi) is 9.25. The molecule has 3 aromatic rings. The van der Waals surface area contributed by atoms with Gasteiger partial charge in [0.05, 0.1) is 29.6 Å². The summed E-state index contributed by atoms with van der Waals surface area (Å²) in [5, 5.41) is 3.26. The fourth-order valence-electron chi connectivity index (χ4n) is 4.99. The first-order valence-corrected chi connectivity index (χ1v) is 15.1. The van der Waals surface area contributed by atoms with Crippen molar-refractivity contribution in [2.45, 2.75) is 70.3 Å². The van der Waals surface area contributed by atoms with E-state index in [9.17, 15) is 30.8 Å². The van der Waals surface area contributed by atoms with Gasteiger partial charge in [-0.2, -0.15) is 18.2 Å². The van der Waals surface area contributed by atoms with Crippen molar-refractivity contribution in [3.63, 3.8) is 0 Å². The van der Waals surface area contributed by atoms with E-state index in [4.69, 9.17) is 0 Å². The molecular weight excluding hydrogens is 604 g/mol. The van der Waals surface area contributed by atoms with E-state index in [1.165, 1.54) is 10.9 Å². The zero-order valence-corrected chi connectivity index (χ0v) is 24.6. The van der Waals surface area contributed by atoms with Crippen LogP contribution in [0.4, 0.5) is 38.0 Å². The Morgan fingerprint density at radius 3 is 2.30 bits per heavy atom. The van der Waals surface area contributed by atoms with Crippen molar-refractivity contribution in [1.29, 1.82) is 0 Å². The zero-order valence-electron chi connectivity index (χ0n) is 23.8. The molecule has 236 valence electrons. The lowest BCUT2D eigenvalue weighted by molar-refractivity contribution is -0.129. The molecule has 0 unspecified atom stereocenters. The Labute approximate surface area is 243 Å². The van der Waals surface area contributed by atoms with Crippen molar-refractivity contribution < 1.29 is 34.8 Å². The smallest absolute Gasteiger partial charge is 0.351 e. The van der Waals surface area contributed by atoms with Gasteiger partial charge in [-0.05, 0) is 53.6 Å². The van der Waals surface area contributed by atoms with E-state index in [-0.39, 0.29) is 29.2 Å². The lowest BCUT2D eigenvalue weighted by Gasteiger charge is -2.32. The number of alkyl halides is 3. The molecule has 0 atom stereocenters. The first kappa shape index (κ1) is 32.4. The summed E-state index contributed by atoms with van der Waals surface area (Å²) >= 11 is 0. The van der Waals surface area contributed by atoms with Crippen molar-refractivity contribution in [3.8, 4) is 11.3 Å². The SMILES string of the molecule is CC(C)n1c(=O)c(-c2c(F)cc(NS(=O)(=O)CCC(F)(F)F)c(F)c2F)nc2cnc(N[C@H]3CC[C@H](N(C)C)CC3)nc21. The second-order valence-corrected chi connectivity index (χ2v) is 12.8. The first-order chi connectivity index (χ1) is 20.0. The second-order valence-electron chi connectivity index (χ2n) is 10.9. The maximum Gasteiger partial charge on any atom is 0.390 e. The molecule has 0 aliphatic heterocycles. The van der Waals surface area contributed by atoms with E-state index in [1.807, 2.05) is 14.1 Å². The maximum atomic E-state index is 15.2. The zero-order chi connectivity index (χ0) is 31.9. The highest BCUT2D eigenvalue weighted by atomic mass is 32.2. The first-order valence-electron chi connectivity index (χ1n) is 13.4. The van der Waals surface area contributed by atoms with Gasteiger partial charge in [0.15, 0.2) is 17.3 Å². The third-order valence-electron chi connectivity index (χ3n) is 7.22. The van der Waals surface area contributed by atoms with Crippen LogP contribution in [0.3, 0.4) is 0 Å². The highest BCUT2D eigenvalue weighted by molar-refractivity contribution is 7.92. The average Bonchev–Trinajstić information content (AvgIpc) is 2.90. The van der Waals surface area contributed by atoms with Gasteiger partial charge in [-0.3, -0.25) is 14.1 Å². The molecule has 0 amide bonds. The number of sulfonamides is 1. The summed E-state index contributed by atoms with van der Waals surface area (Å²) in [7, 11) is -0.768. The molecule has 0 bridgehead atoms. The largest absolute Gasteiger partial charge is 0.390 e. The van der Waals surface area contributed by atoms with Crippen LogP contribution in [0.5, 0.6) is 0 Å². The van der Waals surface area contributed by atoms with Crippen molar-refractivity contribution >= 4 is 32.8 Å². The molecule has 1 fully saturated rings. The number of nitrogens with zero attached hydrogens (tertiary/aromatic N) is 5. The van der Waals surface area contributed by atoms with Gasteiger partial charge < -0.3 is 10.2 Å². The predicted molar refractivity (Wildman–Crippen MR) is 149 cm³/mol. The van der Waals surface area contributed by atoms with Gasteiger partial charge in [0.25, 0.3) is 5.56 Å². The minimum absolute atomic E-state index is 0.0266. The monoisotopic (exact) mass is 635 g/mol. The minimum atomic E-state index is -4.84. The van der Waals surface area contributed by atoms with Crippen LogP contribution in [-0.2, 0) is 10.0 Å². The molecule has 2 N–H and O–H groups in total. The lowest BCUT2D eigenvalue weighted by Crippen LogP contribution is -2.36. The van der Waals surface area contributed by atoms with Gasteiger partial charge in [-0.1, -0.05) is 0 Å². The number of nitrogens with one attached hydrogen (secondary N) is 2. The van der Waals surface area contributed by atoms with Crippen LogP contribution in [0.2, 0.25) is 0 Å². The fraction of sp³-hybridized carbons (Fsp3) is 0.538. The van der Waals surface area contributed by atoms with Gasteiger partial charge in [0.2, 0.25) is 16.0 Å². The lowest BCUT2D eigenvalue weighted by atomic mass is 9.91. The minimum Gasteiger partial charge on any atom is -0.351 e. The molecule has 0 radical (unpaired) electrons. The molecule has 17 heteroatoms. The number of hydrogen-bond donors (Lipinski definition) is 2. The van der Waals surface area contributed by atoms with E-state index in [0.717, 1.165) is 30.3 Å². The normalized spacial score (nSPS) is 18.0. The Balaban J connectivity index is 1.70. The summed E-state index contributed by atoms with van der Waals surface area (Å²) in [4.78, 5) is 28.4. The van der Waals surface area contributed by atoms with Crippen LogP contribution in [0.15, 0.2) is 17.1 Å². The third kappa shape index (κ3) is 7.37. The summed E-state index contributed by atoms with van der Waals surface area (Å²) in [6, 6.07) is 0.207. The van der Waals surface area contributed by atoms with Crippen molar-refractivity contribution in [2.75, 3.05) is 29.9 Å². The van der Waals surface area contributed by atoms with E-state index in [2.05, 4.69) is 25.2 Å². The fourth-order valence-corrected chi connectivity index (χ4v) is 6.07. The van der Waals surface area contributed by atoms with Crippen LogP contribution in [0, 0.1) is 17.5 Å².